The number of ether oxygens (including phenoxy) is 2. The van der Waals surface area contributed by atoms with Gasteiger partial charge in [-0.25, -0.2) is 0 Å². The standard InChI is InChI=1S/C5H8O4/c6-1-2-3-4(9-3)5(7)8-2/h2-7H,1H2/t2-,3-,4+,5+/m1/s1. The SMILES string of the molecule is OC[C@H]1O[C@H](O)[C@H]2O[C@@H]21. The van der Waals surface area contributed by atoms with E-state index in [-0.39, 0.29) is 24.9 Å². The van der Waals surface area contributed by atoms with Crippen molar-refractivity contribution in [2.24, 2.45) is 0 Å². The van der Waals surface area contributed by atoms with Gasteiger partial charge in [-0.15, -0.1) is 0 Å². The van der Waals surface area contributed by atoms with Gasteiger partial charge in [-0.3, -0.25) is 0 Å². The van der Waals surface area contributed by atoms with E-state index in [0.29, 0.717) is 0 Å². The molecule has 52 valence electrons. The number of hydrogen-bond acceptors (Lipinski definition) is 4. The van der Waals surface area contributed by atoms with Crippen LogP contribution in [0.1, 0.15) is 0 Å². The van der Waals surface area contributed by atoms with Gasteiger partial charge in [0.2, 0.25) is 0 Å². The molecule has 2 saturated heterocycles. The van der Waals surface area contributed by atoms with Gasteiger partial charge in [0.05, 0.1) is 6.61 Å². The molecule has 0 aliphatic carbocycles. The predicted molar refractivity (Wildman–Crippen MR) is 26.6 cm³/mol. The highest BCUT2D eigenvalue weighted by atomic mass is 16.7. The van der Waals surface area contributed by atoms with Crippen LogP contribution in [0.2, 0.25) is 0 Å². The van der Waals surface area contributed by atoms with Gasteiger partial charge in [0, 0.05) is 0 Å². The fraction of sp³-hybridized carbons (Fsp3) is 1.00. The van der Waals surface area contributed by atoms with Crippen LogP contribution >= 0.6 is 0 Å². The van der Waals surface area contributed by atoms with E-state index in [9.17, 15) is 0 Å². The van der Waals surface area contributed by atoms with Gasteiger partial charge in [0.25, 0.3) is 0 Å². The van der Waals surface area contributed by atoms with Crippen LogP contribution in [0, 0.1) is 0 Å². The minimum Gasteiger partial charge on any atom is -0.394 e. The molecule has 0 spiro atoms. The second-order valence-electron chi connectivity index (χ2n) is 2.31. The molecular weight excluding hydrogens is 124 g/mol. The van der Waals surface area contributed by atoms with Gasteiger partial charge < -0.3 is 19.7 Å². The highest BCUT2D eigenvalue weighted by molar-refractivity contribution is 4.99. The lowest BCUT2D eigenvalue weighted by Gasteiger charge is -2.09. The fourth-order valence-electron chi connectivity index (χ4n) is 1.15. The highest BCUT2D eigenvalue weighted by Gasteiger charge is 2.57. The third-order valence-corrected chi connectivity index (χ3v) is 1.70. The highest BCUT2D eigenvalue weighted by Crippen LogP contribution is 2.37. The van der Waals surface area contributed by atoms with E-state index < -0.39 is 6.29 Å². The lowest BCUT2D eigenvalue weighted by Crippen LogP contribution is -2.22. The molecule has 4 nitrogen and oxygen atoms in total. The van der Waals surface area contributed by atoms with Crippen LogP contribution in [-0.4, -0.2) is 41.4 Å². The van der Waals surface area contributed by atoms with E-state index in [0.717, 1.165) is 0 Å². The minimum absolute atomic E-state index is 0.0509. The number of epoxide rings is 1. The van der Waals surface area contributed by atoms with Gasteiger partial charge in [0.15, 0.2) is 6.29 Å². The van der Waals surface area contributed by atoms with Crippen molar-refractivity contribution in [1.29, 1.82) is 0 Å². The first-order valence-electron chi connectivity index (χ1n) is 2.93. The van der Waals surface area contributed by atoms with Crippen molar-refractivity contribution >= 4 is 0 Å². The van der Waals surface area contributed by atoms with Gasteiger partial charge in [-0.05, 0) is 0 Å². The number of hydrogen-bond donors (Lipinski definition) is 2. The average Bonchev–Trinajstić information content (AvgIpc) is 2.56. The molecule has 2 aliphatic rings. The molecule has 4 atom stereocenters. The van der Waals surface area contributed by atoms with Gasteiger partial charge in [0.1, 0.15) is 18.3 Å². The summed E-state index contributed by atoms with van der Waals surface area (Å²) in [5.74, 6) is 0. The summed E-state index contributed by atoms with van der Waals surface area (Å²) in [6.07, 6.45) is -1.33. The van der Waals surface area contributed by atoms with Gasteiger partial charge >= 0.3 is 0 Å². The monoisotopic (exact) mass is 132 g/mol. The second kappa shape index (κ2) is 1.67. The molecular formula is C5H8O4. The largest absolute Gasteiger partial charge is 0.394 e. The maximum absolute atomic E-state index is 8.88. The summed E-state index contributed by atoms with van der Waals surface area (Å²) < 4.78 is 9.79. The van der Waals surface area contributed by atoms with Crippen LogP contribution in [0.25, 0.3) is 0 Å². The fourth-order valence-corrected chi connectivity index (χ4v) is 1.15. The third kappa shape index (κ3) is 0.679. The number of fused-ring (bicyclic) bond motifs is 1. The van der Waals surface area contributed by atoms with E-state index in [4.69, 9.17) is 19.7 Å². The zero-order chi connectivity index (χ0) is 6.43. The van der Waals surface area contributed by atoms with Crippen molar-refractivity contribution in [3.05, 3.63) is 0 Å². The molecule has 0 bridgehead atoms. The van der Waals surface area contributed by atoms with Crippen LogP contribution in [0.4, 0.5) is 0 Å². The van der Waals surface area contributed by atoms with Crippen LogP contribution in [0.15, 0.2) is 0 Å². The Hall–Kier alpha value is -0.160. The molecule has 2 aliphatic heterocycles. The molecule has 0 aromatic rings. The van der Waals surface area contributed by atoms with E-state index >= 15 is 0 Å². The Balaban J connectivity index is 2.00. The van der Waals surface area contributed by atoms with Crippen molar-refractivity contribution in [2.75, 3.05) is 6.61 Å². The Bertz CT molecular complexity index is 126. The van der Waals surface area contributed by atoms with Crippen LogP contribution < -0.4 is 0 Å². The predicted octanol–water partition coefficient (Wildman–Crippen LogP) is -1.54. The van der Waals surface area contributed by atoms with E-state index in [1.54, 1.807) is 0 Å². The summed E-state index contributed by atoms with van der Waals surface area (Å²) in [7, 11) is 0. The molecule has 0 aromatic heterocycles. The van der Waals surface area contributed by atoms with Gasteiger partial charge in [-0.2, -0.15) is 0 Å². The Kier molecular flexibility index (Phi) is 1.04. The molecule has 2 heterocycles. The quantitative estimate of drug-likeness (QED) is 0.424. The zero-order valence-corrected chi connectivity index (χ0v) is 4.73. The first-order valence-corrected chi connectivity index (χ1v) is 2.93. The zero-order valence-electron chi connectivity index (χ0n) is 4.73. The van der Waals surface area contributed by atoms with Crippen molar-refractivity contribution in [1.82, 2.24) is 0 Å². The lowest BCUT2D eigenvalue weighted by molar-refractivity contribution is -0.149. The summed E-state index contributed by atoms with van der Waals surface area (Å²) in [4.78, 5) is 0. The summed E-state index contributed by atoms with van der Waals surface area (Å²) in [6.45, 7) is -0.0712. The molecule has 0 aromatic carbocycles. The first-order chi connectivity index (χ1) is 4.33. The average molecular weight is 132 g/mol. The summed E-state index contributed by atoms with van der Waals surface area (Å²) in [5.41, 5.74) is 0. The van der Waals surface area contributed by atoms with E-state index in [2.05, 4.69) is 0 Å². The molecule has 0 unspecified atom stereocenters. The van der Waals surface area contributed by atoms with Crippen molar-refractivity contribution in [3.63, 3.8) is 0 Å². The summed E-state index contributed by atoms with van der Waals surface area (Å²) in [5, 5.41) is 17.4. The maximum Gasteiger partial charge on any atom is 0.184 e. The molecule has 9 heavy (non-hydrogen) atoms. The third-order valence-electron chi connectivity index (χ3n) is 1.70. The normalized spacial score (nSPS) is 55.3. The smallest absolute Gasteiger partial charge is 0.184 e. The summed E-state index contributed by atoms with van der Waals surface area (Å²) in [6, 6.07) is 0. The van der Waals surface area contributed by atoms with E-state index in [1.807, 2.05) is 0 Å². The Labute approximate surface area is 52.0 Å². The van der Waals surface area contributed by atoms with Crippen molar-refractivity contribution in [2.45, 2.75) is 24.6 Å². The molecule has 2 rings (SSSR count). The molecule has 0 saturated carbocycles. The Morgan fingerprint density at radius 3 is 2.22 bits per heavy atom. The van der Waals surface area contributed by atoms with Crippen LogP contribution in [0.5, 0.6) is 0 Å². The number of aliphatic hydroxyl groups excluding tert-OH is 2. The molecule has 2 fully saturated rings. The maximum atomic E-state index is 8.88. The van der Waals surface area contributed by atoms with E-state index in [1.165, 1.54) is 0 Å². The van der Waals surface area contributed by atoms with Gasteiger partial charge in [-0.1, -0.05) is 0 Å². The summed E-state index contributed by atoms with van der Waals surface area (Å²) >= 11 is 0. The molecule has 0 amide bonds. The number of rotatable bonds is 1. The number of aliphatic hydroxyl groups is 2. The molecule has 2 N–H and O–H groups in total. The first kappa shape index (κ1) is 5.61. The Morgan fingerprint density at radius 2 is 2.00 bits per heavy atom. The van der Waals surface area contributed by atoms with Crippen molar-refractivity contribution < 1.29 is 19.7 Å². The lowest BCUT2D eigenvalue weighted by atomic mass is 10.2. The van der Waals surface area contributed by atoms with Crippen LogP contribution in [0.3, 0.4) is 0 Å². The topological polar surface area (TPSA) is 62.2 Å². The molecule has 0 radical (unpaired) electrons. The molecule has 4 heteroatoms. The van der Waals surface area contributed by atoms with Crippen molar-refractivity contribution in [3.8, 4) is 0 Å². The second-order valence-corrected chi connectivity index (χ2v) is 2.31. The minimum atomic E-state index is -0.813. The Morgan fingerprint density at radius 1 is 1.22 bits per heavy atom. The van der Waals surface area contributed by atoms with Crippen LogP contribution in [-0.2, 0) is 9.47 Å².